The summed E-state index contributed by atoms with van der Waals surface area (Å²) in [5, 5.41) is 12.7. The van der Waals surface area contributed by atoms with Crippen LogP contribution in [-0.2, 0) is 19.5 Å². The molecule has 6 rings (SSSR count). The van der Waals surface area contributed by atoms with Crippen molar-refractivity contribution >= 4 is 22.5 Å². The van der Waals surface area contributed by atoms with Crippen LogP contribution in [0.5, 0.6) is 0 Å². The number of nitrogens with zero attached hydrogens (tertiary/aromatic N) is 5. The number of alkyl halides is 1. The number of aromatic nitrogens is 4. The number of pyridine rings is 2. The highest BCUT2D eigenvalue weighted by Gasteiger charge is 2.21. The molecule has 0 saturated carbocycles. The SMILES string of the molecule is O=C(Nc1cc2cc(-c3cnn4c3CN(CCF)CC4)ccc2cn1)c1ccnc(CC2CNC2)c1. The second-order valence-corrected chi connectivity index (χ2v) is 9.54. The average Bonchev–Trinajstić information content (AvgIpc) is 3.29. The highest BCUT2D eigenvalue weighted by Crippen LogP contribution is 2.30. The molecular weight excluding hydrogens is 457 g/mol. The number of carbonyl (C=O) groups is 1. The first-order chi connectivity index (χ1) is 17.7. The summed E-state index contributed by atoms with van der Waals surface area (Å²) in [5.41, 5.74) is 4.70. The van der Waals surface area contributed by atoms with E-state index in [0.29, 0.717) is 30.4 Å². The average molecular weight is 486 g/mol. The van der Waals surface area contributed by atoms with Gasteiger partial charge in [-0.15, -0.1) is 0 Å². The molecule has 2 aliphatic heterocycles. The largest absolute Gasteiger partial charge is 0.316 e. The van der Waals surface area contributed by atoms with E-state index >= 15 is 0 Å². The Morgan fingerprint density at radius 2 is 2.00 bits per heavy atom. The normalized spacial score (nSPS) is 16.0. The lowest BCUT2D eigenvalue weighted by atomic mass is 9.96. The minimum atomic E-state index is -0.347. The number of nitrogens with one attached hydrogen (secondary N) is 2. The molecule has 8 nitrogen and oxygen atoms in total. The van der Waals surface area contributed by atoms with Crippen LogP contribution in [0.15, 0.2) is 55.0 Å². The van der Waals surface area contributed by atoms with Gasteiger partial charge in [0.05, 0.1) is 18.4 Å². The summed E-state index contributed by atoms with van der Waals surface area (Å²) in [7, 11) is 0. The van der Waals surface area contributed by atoms with Crippen LogP contribution in [0, 0.1) is 5.92 Å². The standard InChI is InChI=1S/C27H28FN7O/c28-4-6-34-7-8-35-25(17-34)24(16-32-35)19-1-2-21-15-31-26(12-22(21)10-19)33-27(36)20-3-5-30-23(11-20)9-18-13-29-14-18/h1-3,5,10-12,15-16,18,29H,4,6-9,13-14,17H2,(H,31,33,36). The molecule has 0 bridgehead atoms. The van der Waals surface area contributed by atoms with Crippen molar-refractivity contribution in [2.45, 2.75) is 19.5 Å². The van der Waals surface area contributed by atoms with Crippen LogP contribution in [0.2, 0.25) is 0 Å². The monoisotopic (exact) mass is 485 g/mol. The Morgan fingerprint density at radius 3 is 2.83 bits per heavy atom. The van der Waals surface area contributed by atoms with Crippen molar-refractivity contribution in [2.24, 2.45) is 5.92 Å². The predicted molar refractivity (Wildman–Crippen MR) is 136 cm³/mol. The molecular formula is C27H28FN7O. The third kappa shape index (κ3) is 4.59. The molecule has 36 heavy (non-hydrogen) atoms. The molecule has 0 aliphatic carbocycles. The second kappa shape index (κ2) is 9.75. The predicted octanol–water partition coefficient (Wildman–Crippen LogP) is 3.29. The number of rotatable bonds is 7. The van der Waals surface area contributed by atoms with Crippen LogP contribution >= 0.6 is 0 Å². The van der Waals surface area contributed by atoms with Gasteiger partial charge in [0.2, 0.25) is 0 Å². The van der Waals surface area contributed by atoms with Crippen LogP contribution in [0.3, 0.4) is 0 Å². The van der Waals surface area contributed by atoms with Crippen LogP contribution in [0.25, 0.3) is 21.9 Å². The number of hydrogen-bond acceptors (Lipinski definition) is 6. The van der Waals surface area contributed by atoms with Crippen molar-refractivity contribution in [1.82, 2.24) is 30.0 Å². The first-order valence-corrected chi connectivity index (χ1v) is 12.4. The van der Waals surface area contributed by atoms with Gasteiger partial charge in [-0.25, -0.2) is 9.37 Å². The minimum absolute atomic E-state index is 0.202. The number of amides is 1. The quantitative estimate of drug-likeness (QED) is 0.418. The van der Waals surface area contributed by atoms with E-state index in [4.69, 9.17) is 0 Å². The fourth-order valence-corrected chi connectivity index (χ4v) is 4.93. The third-order valence-electron chi connectivity index (χ3n) is 7.07. The fraction of sp³-hybridized carbons (Fsp3) is 0.333. The van der Waals surface area contributed by atoms with E-state index in [-0.39, 0.29) is 12.6 Å². The molecule has 184 valence electrons. The van der Waals surface area contributed by atoms with Crippen molar-refractivity contribution in [3.8, 4) is 11.1 Å². The van der Waals surface area contributed by atoms with Gasteiger partial charge >= 0.3 is 0 Å². The minimum Gasteiger partial charge on any atom is -0.316 e. The van der Waals surface area contributed by atoms with Gasteiger partial charge in [0.15, 0.2) is 0 Å². The van der Waals surface area contributed by atoms with Gasteiger partial charge in [0, 0.05) is 54.2 Å². The smallest absolute Gasteiger partial charge is 0.256 e. The molecule has 1 aromatic carbocycles. The summed E-state index contributed by atoms with van der Waals surface area (Å²) < 4.78 is 14.9. The number of anilines is 1. The van der Waals surface area contributed by atoms with Crippen molar-refractivity contribution in [2.75, 3.05) is 38.2 Å². The van der Waals surface area contributed by atoms with E-state index in [1.807, 2.05) is 29.1 Å². The lowest BCUT2D eigenvalue weighted by Crippen LogP contribution is -2.43. The Labute approximate surface area is 208 Å². The molecule has 9 heteroatoms. The molecule has 1 saturated heterocycles. The van der Waals surface area contributed by atoms with Crippen molar-refractivity contribution < 1.29 is 9.18 Å². The molecule has 0 unspecified atom stereocenters. The van der Waals surface area contributed by atoms with Gasteiger partial charge in [-0.1, -0.05) is 12.1 Å². The highest BCUT2D eigenvalue weighted by atomic mass is 19.1. The molecule has 3 aromatic heterocycles. The Kier molecular flexibility index (Phi) is 6.16. The zero-order chi connectivity index (χ0) is 24.5. The number of hydrogen-bond donors (Lipinski definition) is 2. The molecule has 4 aromatic rings. The van der Waals surface area contributed by atoms with E-state index in [2.05, 4.69) is 42.7 Å². The van der Waals surface area contributed by atoms with E-state index in [0.717, 1.165) is 65.9 Å². The number of carbonyl (C=O) groups excluding carboxylic acids is 1. The van der Waals surface area contributed by atoms with Gasteiger partial charge in [-0.05, 0) is 60.6 Å². The van der Waals surface area contributed by atoms with Gasteiger partial charge in [0.25, 0.3) is 5.91 Å². The lowest BCUT2D eigenvalue weighted by Gasteiger charge is -2.27. The van der Waals surface area contributed by atoms with Crippen LogP contribution < -0.4 is 10.6 Å². The summed E-state index contributed by atoms with van der Waals surface area (Å²) in [6, 6.07) is 11.7. The molecule has 2 aliphatic rings. The maximum Gasteiger partial charge on any atom is 0.256 e. The molecule has 2 N–H and O–H groups in total. The number of benzene rings is 1. The zero-order valence-corrected chi connectivity index (χ0v) is 20.0. The maximum absolute atomic E-state index is 12.9. The van der Waals surface area contributed by atoms with Crippen molar-refractivity contribution in [3.63, 3.8) is 0 Å². The molecule has 0 atom stereocenters. The summed E-state index contributed by atoms with van der Waals surface area (Å²) in [6.07, 6.45) is 6.22. The van der Waals surface area contributed by atoms with E-state index in [1.165, 1.54) is 0 Å². The maximum atomic E-state index is 12.9. The highest BCUT2D eigenvalue weighted by molar-refractivity contribution is 6.04. The number of halogens is 1. The van der Waals surface area contributed by atoms with Crippen molar-refractivity contribution in [3.05, 3.63) is 71.9 Å². The van der Waals surface area contributed by atoms with Crippen molar-refractivity contribution in [1.29, 1.82) is 0 Å². The zero-order valence-electron chi connectivity index (χ0n) is 20.0. The lowest BCUT2D eigenvalue weighted by molar-refractivity contribution is 0.102. The van der Waals surface area contributed by atoms with Crippen LogP contribution in [0.1, 0.15) is 21.7 Å². The molecule has 0 spiro atoms. The van der Waals surface area contributed by atoms with Gasteiger partial charge in [-0.3, -0.25) is 19.4 Å². The molecule has 1 fully saturated rings. The molecule has 0 radical (unpaired) electrons. The Morgan fingerprint density at radius 1 is 1.08 bits per heavy atom. The van der Waals surface area contributed by atoms with Crippen LogP contribution in [-0.4, -0.2) is 63.4 Å². The van der Waals surface area contributed by atoms with Gasteiger partial charge in [-0.2, -0.15) is 5.10 Å². The van der Waals surface area contributed by atoms with Gasteiger partial charge in [0.1, 0.15) is 12.5 Å². The molecule has 1 amide bonds. The fourth-order valence-electron chi connectivity index (χ4n) is 4.93. The first-order valence-electron chi connectivity index (χ1n) is 12.4. The third-order valence-corrected chi connectivity index (χ3v) is 7.07. The van der Waals surface area contributed by atoms with E-state index in [1.54, 1.807) is 18.5 Å². The molecule has 5 heterocycles. The second-order valence-electron chi connectivity index (χ2n) is 9.54. The Hall–Kier alpha value is -3.69. The summed E-state index contributed by atoms with van der Waals surface area (Å²) >= 11 is 0. The first kappa shape index (κ1) is 22.8. The number of fused-ring (bicyclic) bond motifs is 2. The van der Waals surface area contributed by atoms with E-state index < -0.39 is 0 Å². The summed E-state index contributed by atoms with van der Waals surface area (Å²) in [5.74, 6) is 0.880. The topological polar surface area (TPSA) is 88.0 Å². The van der Waals surface area contributed by atoms with Crippen LogP contribution in [0.4, 0.5) is 10.2 Å². The summed E-state index contributed by atoms with van der Waals surface area (Å²) in [4.78, 5) is 23.9. The summed E-state index contributed by atoms with van der Waals surface area (Å²) in [6.45, 7) is 4.34. The van der Waals surface area contributed by atoms with E-state index in [9.17, 15) is 9.18 Å². The van der Waals surface area contributed by atoms with Gasteiger partial charge < -0.3 is 10.6 Å². The Balaban J connectivity index is 1.23. The Bertz CT molecular complexity index is 1410.